The molecule has 0 fully saturated rings. The maximum atomic E-state index is 4.29. The Kier molecular flexibility index (Phi) is 5.47. The molecule has 0 saturated carbocycles. The third kappa shape index (κ3) is 3.00. The lowest BCUT2D eigenvalue weighted by molar-refractivity contribution is 0.936. The van der Waals surface area contributed by atoms with Gasteiger partial charge >= 0.3 is 0 Å². The number of halogens is 1. The molecule has 2 rings (SSSR count). The molecule has 1 aromatic rings. The molecule has 92 valence electrons. The van der Waals surface area contributed by atoms with E-state index < -0.39 is 0 Å². The normalized spacial score (nSPS) is 13.9. The van der Waals surface area contributed by atoms with Gasteiger partial charge in [-0.1, -0.05) is 24.3 Å². The number of fused-ring (bicyclic) bond motifs is 1. The second-order valence-electron chi connectivity index (χ2n) is 3.75. The van der Waals surface area contributed by atoms with Gasteiger partial charge in [0.1, 0.15) is 0 Å². The number of anilines is 1. The van der Waals surface area contributed by atoms with Crippen LogP contribution >= 0.6 is 24.0 Å². The number of benzene rings is 1. The average Bonchev–Trinajstić information content (AvgIpc) is 2.75. The minimum absolute atomic E-state index is 0. The molecular formula is C13H18IN3. The summed E-state index contributed by atoms with van der Waals surface area (Å²) < 4.78 is 0. The lowest BCUT2D eigenvalue weighted by Crippen LogP contribution is -2.40. The first-order valence-corrected chi connectivity index (χ1v) is 5.54. The maximum absolute atomic E-state index is 4.29. The predicted molar refractivity (Wildman–Crippen MR) is 84.5 cm³/mol. The lowest BCUT2D eigenvalue weighted by atomic mass is 10.2. The van der Waals surface area contributed by atoms with Gasteiger partial charge in [0.15, 0.2) is 5.96 Å². The van der Waals surface area contributed by atoms with Crippen LogP contribution in [0.2, 0.25) is 0 Å². The van der Waals surface area contributed by atoms with E-state index in [1.807, 2.05) is 13.1 Å². The molecule has 0 saturated heterocycles. The SMILES string of the molecule is C=CCNC(=NC)N1CCc2ccccc21.I. The first-order chi connectivity index (χ1) is 7.86. The van der Waals surface area contributed by atoms with Gasteiger partial charge in [-0.2, -0.15) is 0 Å². The summed E-state index contributed by atoms with van der Waals surface area (Å²) in [6, 6.07) is 8.47. The van der Waals surface area contributed by atoms with Crippen LogP contribution in [0.3, 0.4) is 0 Å². The van der Waals surface area contributed by atoms with Crippen LogP contribution in [0.25, 0.3) is 0 Å². The molecule has 3 nitrogen and oxygen atoms in total. The van der Waals surface area contributed by atoms with Crippen LogP contribution in [-0.4, -0.2) is 26.1 Å². The zero-order chi connectivity index (χ0) is 11.4. The Hall–Kier alpha value is -1.04. The predicted octanol–water partition coefficient (Wildman–Crippen LogP) is 2.43. The number of para-hydroxylation sites is 1. The van der Waals surface area contributed by atoms with Crippen molar-refractivity contribution in [2.75, 3.05) is 25.0 Å². The van der Waals surface area contributed by atoms with Crippen molar-refractivity contribution in [2.24, 2.45) is 4.99 Å². The van der Waals surface area contributed by atoms with E-state index in [0.29, 0.717) is 0 Å². The molecule has 0 radical (unpaired) electrons. The van der Waals surface area contributed by atoms with Crippen molar-refractivity contribution in [1.29, 1.82) is 0 Å². The highest BCUT2D eigenvalue weighted by molar-refractivity contribution is 14.0. The number of guanidine groups is 1. The van der Waals surface area contributed by atoms with Crippen LogP contribution in [0, 0.1) is 0 Å². The van der Waals surface area contributed by atoms with Crippen LogP contribution in [0.4, 0.5) is 5.69 Å². The van der Waals surface area contributed by atoms with Crippen LogP contribution in [0.1, 0.15) is 5.56 Å². The van der Waals surface area contributed by atoms with E-state index in [2.05, 4.69) is 46.1 Å². The Morgan fingerprint density at radius 1 is 1.53 bits per heavy atom. The zero-order valence-corrected chi connectivity index (χ0v) is 12.3. The van der Waals surface area contributed by atoms with Gasteiger partial charge < -0.3 is 10.2 Å². The van der Waals surface area contributed by atoms with E-state index in [4.69, 9.17) is 0 Å². The summed E-state index contributed by atoms with van der Waals surface area (Å²) >= 11 is 0. The Labute approximate surface area is 120 Å². The van der Waals surface area contributed by atoms with Crippen molar-refractivity contribution in [3.05, 3.63) is 42.5 Å². The molecule has 1 aliphatic rings. The summed E-state index contributed by atoms with van der Waals surface area (Å²) in [4.78, 5) is 6.51. The van der Waals surface area contributed by atoms with Gasteiger partial charge in [-0.3, -0.25) is 4.99 Å². The number of hydrogen-bond acceptors (Lipinski definition) is 1. The molecule has 0 unspecified atom stereocenters. The largest absolute Gasteiger partial charge is 0.352 e. The van der Waals surface area contributed by atoms with Crippen molar-refractivity contribution < 1.29 is 0 Å². The van der Waals surface area contributed by atoms with Crippen LogP contribution in [0.15, 0.2) is 41.9 Å². The molecule has 0 bridgehead atoms. The average molecular weight is 343 g/mol. The molecule has 1 aliphatic heterocycles. The van der Waals surface area contributed by atoms with Crippen molar-refractivity contribution in [2.45, 2.75) is 6.42 Å². The van der Waals surface area contributed by atoms with Gasteiger partial charge in [0.05, 0.1) is 0 Å². The molecule has 0 aromatic heterocycles. The topological polar surface area (TPSA) is 27.6 Å². The zero-order valence-electron chi connectivity index (χ0n) is 10.0. The highest BCUT2D eigenvalue weighted by Crippen LogP contribution is 2.27. The second kappa shape index (κ2) is 6.64. The van der Waals surface area contributed by atoms with Gasteiger partial charge in [0, 0.05) is 25.8 Å². The third-order valence-electron chi connectivity index (χ3n) is 2.76. The van der Waals surface area contributed by atoms with Crippen LogP contribution < -0.4 is 10.2 Å². The molecule has 1 aromatic carbocycles. The highest BCUT2D eigenvalue weighted by Gasteiger charge is 2.21. The molecule has 4 heteroatoms. The standard InChI is InChI=1S/C13H17N3.HI/c1-3-9-15-13(14-2)16-10-8-11-6-4-5-7-12(11)16;/h3-7H,1,8-10H2,2H3,(H,14,15);1H. The van der Waals surface area contributed by atoms with E-state index in [9.17, 15) is 0 Å². The van der Waals surface area contributed by atoms with Crippen LogP contribution in [-0.2, 0) is 6.42 Å². The summed E-state index contributed by atoms with van der Waals surface area (Å²) in [5.74, 6) is 0.921. The van der Waals surface area contributed by atoms with Crippen molar-refractivity contribution in [3.8, 4) is 0 Å². The lowest BCUT2D eigenvalue weighted by Gasteiger charge is -2.21. The van der Waals surface area contributed by atoms with E-state index >= 15 is 0 Å². The first-order valence-electron chi connectivity index (χ1n) is 5.54. The Balaban J connectivity index is 0.00000144. The molecule has 0 atom stereocenters. The number of aliphatic imine (C=N–C) groups is 1. The summed E-state index contributed by atoms with van der Waals surface area (Å²) in [6.45, 7) is 5.44. The minimum atomic E-state index is 0. The van der Waals surface area contributed by atoms with Crippen molar-refractivity contribution in [3.63, 3.8) is 0 Å². The summed E-state index contributed by atoms with van der Waals surface area (Å²) in [5.41, 5.74) is 2.66. The molecule has 1 heterocycles. The van der Waals surface area contributed by atoms with Crippen molar-refractivity contribution in [1.82, 2.24) is 5.32 Å². The van der Waals surface area contributed by atoms with Crippen LogP contribution in [0.5, 0.6) is 0 Å². The first kappa shape index (κ1) is 14.0. The third-order valence-corrected chi connectivity index (χ3v) is 2.76. The number of rotatable bonds is 2. The Bertz CT molecular complexity index is 415. The number of nitrogens with one attached hydrogen (secondary N) is 1. The van der Waals surface area contributed by atoms with Gasteiger partial charge in [-0.15, -0.1) is 30.6 Å². The summed E-state index contributed by atoms with van der Waals surface area (Å²) in [5, 5.41) is 3.26. The van der Waals surface area contributed by atoms with Gasteiger partial charge in [-0.05, 0) is 18.1 Å². The maximum Gasteiger partial charge on any atom is 0.198 e. The van der Waals surface area contributed by atoms with Crippen molar-refractivity contribution >= 4 is 35.6 Å². The van der Waals surface area contributed by atoms with E-state index in [-0.39, 0.29) is 24.0 Å². The van der Waals surface area contributed by atoms with E-state index in [0.717, 1.165) is 25.5 Å². The number of nitrogens with zero attached hydrogens (tertiary/aromatic N) is 2. The van der Waals surface area contributed by atoms with Gasteiger partial charge in [0.25, 0.3) is 0 Å². The molecule has 1 N–H and O–H groups in total. The highest BCUT2D eigenvalue weighted by atomic mass is 127. The van der Waals surface area contributed by atoms with E-state index in [1.54, 1.807) is 0 Å². The molecule has 0 aliphatic carbocycles. The molecule has 0 spiro atoms. The van der Waals surface area contributed by atoms with Gasteiger partial charge in [-0.25, -0.2) is 0 Å². The van der Waals surface area contributed by atoms with E-state index in [1.165, 1.54) is 11.3 Å². The molecule has 0 amide bonds. The van der Waals surface area contributed by atoms with Gasteiger partial charge in [0.2, 0.25) is 0 Å². The number of hydrogen-bond donors (Lipinski definition) is 1. The fourth-order valence-corrected chi connectivity index (χ4v) is 2.02. The molecular weight excluding hydrogens is 325 g/mol. The fourth-order valence-electron chi connectivity index (χ4n) is 2.02. The summed E-state index contributed by atoms with van der Waals surface area (Å²) in [6.07, 6.45) is 2.93. The quantitative estimate of drug-likeness (QED) is 0.387. The summed E-state index contributed by atoms with van der Waals surface area (Å²) in [7, 11) is 1.81. The fraction of sp³-hybridized carbons (Fsp3) is 0.308. The Morgan fingerprint density at radius 2 is 2.29 bits per heavy atom. The minimum Gasteiger partial charge on any atom is -0.352 e. The molecule has 17 heavy (non-hydrogen) atoms. The second-order valence-corrected chi connectivity index (χ2v) is 3.75. The monoisotopic (exact) mass is 343 g/mol. The Morgan fingerprint density at radius 3 is 3.00 bits per heavy atom. The smallest absolute Gasteiger partial charge is 0.198 e.